The Labute approximate surface area is 99.5 Å². The van der Waals surface area contributed by atoms with Crippen LogP contribution < -0.4 is 16.8 Å². The first-order valence-corrected chi connectivity index (χ1v) is 5.00. The second kappa shape index (κ2) is 7.13. The Morgan fingerprint density at radius 1 is 1.24 bits per heavy atom. The SMILES string of the molecule is NCC#CCNC(=O)c1ccc(C#CCN)o1. The highest BCUT2D eigenvalue weighted by Crippen LogP contribution is 2.05. The summed E-state index contributed by atoms with van der Waals surface area (Å²) < 4.78 is 5.19. The summed E-state index contributed by atoms with van der Waals surface area (Å²) in [5.41, 5.74) is 10.4. The zero-order valence-electron chi connectivity index (χ0n) is 9.25. The number of carbonyl (C=O) groups is 1. The maximum atomic E-state index is 11.5. The number of rotatable bonds is 2. The average Bonchev–Trinajstić information content (AvgIpc) is 2.80. The quantitative estimate of drug-likeness (QED) is 0.585. The van der Waals surface area contributed by atoms with Crippen LogP contribution in [0.3, 0.4) is 0 Å². The minimum absolute atomic E-state index is 0.195. The van der Waals surface area contributed by atoms with Crippen LogP contribution in [0, 0.1) is 23.7 Å². The Kier molecular flexibility index (Phi) is 5.39. The molecule has 1 rings (SSSR count). The number of carbonyl (C=O) groups excluding carboxylic acids is 1. The molecular weight excluding hydrogens is 218 g/mol. The smallest absolute Gasteiger partial charge is 0.287 e. The van der Waals surface area contributed by atoms with Crippen LogP contribution in [0.2, 0.25) is 0 Å². The summed E-state index contributed by atoms with van der Waals surface area (Å²) in [5, 5.41) is 2.57. The van der Waals surface area contributed by atoms with Gasteiger partial charge in [0.2, 0.25) is 0 Å². The van der Waals surface area contributed by atoms with Gasteiger partial charge in [-0.2, -0.15) is 0 Å². The first-order valence-electron chi connectivity index (χ1n) is 5.00. The molecular formula is C12H13N3O2. The summed E-state index contributed by atoms with van der Waals surface area (Å²) in [4.78, 5) is 11.5. The lowest BCUT2D eigenvalue weighted by atomic mass is 10.4. The van der Waals surface area contributed by atoms with E-state index in [2.05, 4.69) is 29.0 Å². The second-order valence-corrected chi connectivity index (χ2v) is 2.91. The average molecular weight is 231 g/mol. The van der Waals surface area contributed by atoms with Crippen molar-refractivity contribution in [2.75, 3.05) is 19.6 Å². The summed E-state index contributed by atoms with van der Waals surface area (Å²) in [6.45, 7) is 0.757. The van der Waals surface area contributed by atoms with Crippen molar-refractivity contribution in [3.8, 4) is 23.7 Å². The minimum Gasteiger partial charge on any atom is -0.443 e. The fraction of sp³-hybridized carbons (Fsp3) is 0.250. The van der Waals surface area contributed by atoms with Crippen molar-refractivity contribution in [1.82, 2.24) is 5.32 Å². The topological polar surface area (TPSA) is 94.3 Å². The summed E-state index contributed by atoms with van der Waals surface area (Å²) in [6.07, 6.45) is 0. The molecule has 0 unspecified atom stereocenters. The van der Waals surface area contributed by atoms with Gasteiger partial charge in [-0.3, -0.25) is 4.79 Å². The van der Waals surface area contributed by atoms with Gasteiger partial charge in [-0.25, -0.2) is 0 Å². The lowest BCUT2D eigenvalue weighted by Crippen LogP contribution is -2.23. The molecule has 0 fully saturated rings. The molecule has 1 aromatic heterocycles. The van der Waals surface area contributed by atoms with Gasteiger partial charge >= 0.3 is 0 Å². The number of furan rings is 1. The Morgan fingerprint density at radius 2 is 2.00 bits per heavy atom. The van der Waals surface area contributed by atoms with Crippen molar-refractivity contribution in [3.05, 3.63) is 23.7 Å². The normalized spacial score (nSPS) is 8.59. The lowest BCUT2D eigenvalue weighted by molar-refractivity contribution is 0.0930. The molecule has 0 aromatic carbocycles. The standard InChI is InChI=1S/C12H13N3O2/c13-7-1-2-9-15-12(16)11-6-5-10(17-11)4-3-8-14/h5-6H,7-9,13-14H2,(H,15,16). The van der Waals surface area contributed by atoms with Gasteiger partial charge in [0.25, 0.3) is 5.91 Å². The molecule has 5 heteroatoms. The van der Waals surface area contributed by atoms with Gasteiger partial charge in [-0.1, -0.05) is 17.8 Å². The molecule has 88 valence electrons. The first-order chi connectivity index (χ1) is 8.27. The van der Waals surface area contributed by atoms with E-state index in [1.807, 2.05) is 0 Å². The Morgan fingerprint density at radius 3 is 2.71 bits per heavy atom. The van der Waals surface area contributed by atoms with E-state index in [1.54, 1.807) is 12.1 Å². The van der Waals surface area contributed by atoms with Crippen LogP contribution in [0.15, 0.2) is 16.5 Å². The van der Waals surface area contributed by atoms with E-state index in [1.165, 1.54) is 0 Å². The predicted molar refractivity (Wildman–Crippen MR) is 63.8 cm³/mol. The highest BCUT2D eigenvalue weighted by Gasteiger charge is 2.08. The monoisotopic (exact) mass is 231 g/mol. The summed E-state index contributed by atoms with van der Waals surface area (Å²) in [5.74, 6) is 10.9. The molecule has 1 aromatic rings. The molecule has 5 N–H and O–H groups in total. The van der Waals surface area contributed by atoms with Crippen molar-refractivity contribution in [2.45, 2.75) is 0 Å². The van der Waals surface area contributed by atoms with E-state index in [-0.39, 0.29) is 31.3 Å². The van der Waals surface area contributed by atoms with Crippen LogP contribution in [-0.4, -0.2) is 25.5 Å². The van der Waals surface area contributed by atoms with Gasteiger partial charge in [-0.05, 0) is 18.1 Å². The van der Waals surface area contributed by atoms with Crippen LogP contribution in [-0.2, 0) is 0 Å². The highest BCUT2D eigenvalue weighted by atomic mass is 16.3. The van der Waals surface area contributed by atoms with E-state index in [0.29, 0.717) is 5.76 Å². The van der Waals surface area contributed by atoms with E-state index < -0.39 is 0 Å². The van der Waals surface area contributed by atoms with Crippen molar-refractivity contribution in [2.24, 2.45) is 11.5 Å². The molecule has 1 amide bonds. The van der Waals surface area contributed by atoms with Crippen molar-refractivity contribution >= 4 is 5.91 Å². The number of amides is 1. The van der Waals surface area contributed by atoms with Crippen LogP contribution >= 0.6 is 0 Å². The summed E-state index contributed by atoms with van der Waals surface area (Å²) in [6, 6.07) is 3.16. The van der Waals surface area contributed by atoms with Gasteiger partial charge in [0, 0.05) is 0 Å². The maximum Gasteiger partial charge on any atom is 0.287 e. The zero-order valence-corrected chi connectivity index (χ0v) is 9.25. The molecule has 5 nitrogen and oxygen atoms in total. The van der Waals surface area contributed by atoms with E-state index in [4.69, 9.17) is 15.9 Å². The summed E-state index contributed by atoms with van der Waals surface area (Å²) in [7, 11) is 0. The van der Waals surface area contributed by atoms with E-state index in [0.717, 1.165) is 0 Å². The zero-order chi connectivity index (χ0) is 12.5. The third kappa shape index (κ3) is 4.43. The van der Waals surface area contributed by atoms with Crippen molar-refractivity contribution < 1.29 is 9.21 Å². The van der Waals surface area contributed by atoms with Crippen LogP contribution in [0.4, 0.5) is 0 Å². The molecule has 0 saturated carbocycles. The number of hydrogen-bond acceptors (Lipinski definition) is 4. The third-order valence-corrected chi connectivity index (χ3v) is 1.71. The fourth-order valence-corrected chi connectivity index (χ4v) is 1.01. The number of hydrogen-bond donors (Lipinski definition) is 3. The maximum absolute atomic E-state index is 11.5. The van der Waals surface area contributed by atoms with Crippen LogP contribution in [0.1, 0.15) is 16.3 Å². The van der Waals surface area contributed by atoms with Crippen molar-refractivity contribution in [3.63, 3.8) is 0 Å². The summed E-state index contributed by atoms with van der Waals surface area (Å²) >= 11 is 0. The van der Waals surface area contributed by atoms with E-state index in [9.17, 15) is 4.79 Å². The molecule has 0 spiro atoms. The lowest BCUT2D eigenvalue weighted by Gasteiger charge is -1.95. The second-order valence-electron chi connectivity index (χ2n) is 2.91. The Balaban J connectivity index is 2.55. The fourth-order valence-electron chi connectivity index (χ4n) is 1.01. The number of nitrogens with two attached hydrogens (primary N) is 2. The molecule has 0 atom stereocenters. The first kappa shape index (κ1) is 12.9. The van der Waals surface area contributed by atoms with Crippen LogP contribution in [0.5, 0.6) is 0 Å². The highest BCUT2D eigenvalue weighted by molar-refractivity contribution is 5.91. The molecule has 0 bridgehead atoms. The van der Waals surface area contributed by atoms with Gasteiger partial charge in [0.1, 0.15) is 0 Å². The van der Waals surface area contributed by atoms with Gasteiger partial charge < -0.3 is 21.2 Å². The molecule has 17 heavy (non-hydrogen) atoms. The van der Waals surface area contributed by atoms with Crippen LogP contribution in [0.25, 0.3) is 0 Å². The van der Waals surface area contributed by atoms with Gasteiger partial charge in [0.05, 0.1) is 19.6 Å². The molecule has 0 aliphatic carbocycles. The number of nitrogens with one attached hydrogen (secondary N) is 1. The predicted octanol–water partition coefficient (Wildman–Crippen LogP) is -0.718. The largest absolute Gasteiger partial charge is 0.443 e. The minimum atomic E-state index is -0.336. The van der Waals surface area contributed by atoms with Gasteiger partial charge in [0.15, 0.2) is 11.5 Å². The van der Waals surface area contributed by atoms with E-state index >= 15 is 0 Å². The Bertz CT molecular complexity index is 497. The Hall–Kier alpha value is -2.21. The molecule has 0 aliphatic heterocycles. The molecule has 0 radical (unpaired) electrons. The third-order valence-electron chi connectivity index (χ3n) is 1.71. The van der Waals surface area contributed by atoms with Gasteiger partial charge in [-0.15, -0.1) is 0 Å². The molecule has 0 aliphatic rings. The molecule has 1 heterocycles. The molecule has 0 saturated heterocycles. The van der Waals surface area contributed by atoms with Crippen molar-refractivity contribution in [1.29, 1.82) is 0 Å².